The summed E-state index contributed by atoms with van der Waals surface area (Å²) in [7, 11) is 0. The van der Waals surface area contributed by atoms with Gasteiger partial charge >= 0.3 is 0 Å². The van der Waals surface area contributed by atoms with Crippen LogP contribution in [0, 0.1) is 12.8 Å². The second-order valence-electron chi connectivity index (χ2n) is 5.99. The Hall–Kier alpha value is -1.02. The average molecular weight is 261 g/mol. The predicted molar refractivity (Wildman–Crippen MR) is 80.4 cm³/mol. The van der Waals surface area contributed by atoms with E-state index in [0.717, 1.165) is 18.0 Å². The fourth-order valence-corrected chi connectivity index (χ4v) is 3.16. The lowest BCUT2D eigenvalue weighted by Gasteiger charge is -2.21. The van der Waals surface area contributed by atoms with Crippen molar-refractivity contribution in [1.82, 2.24) is 4.90 Å². The zero-order chi connectivity index (χ0) is 13.7. The summed E-state index contributed by atoms with van der Waals surface area (Å²) in [6.45, 7) is 7.62. The number of aryl methyl sites for hydroxylation is 1. The Morgan fingerprint density at radius 3 is 2.89 bits per heavy atom. The molecule has 0 radical (unpaired) electrons. The Morgan fingerprint density at radius 2 is 2.11 bits per heavy atom. The van der Waals surface area contributed by atoms with Crippen molar-refractivity contribution in [3.8, 4) is 5.75 Å². The van der Waals surface area contributed by atoms with Crippen molar-refractivity contribution >= 4 is 0 Å². The molecule has 0 amide bonds. The monoisotopic (exact) mass is 261 g/mol. The van der Waals surface area contributed by atoms with Gasteiger partial charge in [-0.2, -0.15) is 0 Å². The van der Waals surface area contributed by atoms with Crippen molar-refractivity contribution in [1.29, 1.82) is 0 Å². The summed E-state index contributed by atoms with van der Waals surface area (Å²) in [6.07, 6.45) is 6.69. The summed E-state index contributed by atoms with van der Waals surface area (Å²) < 4.78 is 0. The van der Waals surface area contributed by atoms with Gasteiger partial charge < -0.3 is 5.11 Å². The highest BCUT2D eigenvalue weighted by Gasteiger charge is 2.17. The Kier molecular flexibility index (Phi) is 5.26. The number of rotatable bonds is 4. The summed E-state index contributed by atoms with van der Waals surface area (Å²) in [6, 6.07) is 5.91. The van der Waals surface area contributed by atoms with E-state index in [2.05, 4.69) is 24.8 Å². The largest absolute Gasteiger partial charge is 0.508 e. The van der Waals surface area contributed by atoms with E-state index in [1.807, 2.05) is 12.1 Å². The first-order chi connectivity index (χ1) is 9.19. The molecular weight excluding hydrogens is 234 g/mol. The third-order valence-corrected chi connectivity index (χ3v) is 4.27. The Balaban J connectivity index is 1.94. The number of nitrogens with zero attached hydrogens (tertiary/aromatic N) is 1. The molecular formula is C17H27NO. The van der Waals surface area contributed by atoms with Gasteiger partial charge in [0.25, 0.3) is 0 Å². The molecule has 1 aliphatic rings. The topological polar surface area (TPSA) is 23.5 Å². The molecule has 1 aromatic rings. The van der Waals surface area contributed by atoms with Gasteiger partial charge in [-0.15, -0.1) is 0 Å². The Morgan fingerprint density at radius 1 is 1.26 bits per heavy atom. The highest BCUT2D eigenvalue weighted by molar-refractivity contribution is 5.35. The molecule has 1 unspecified atom stereocenters. The molecule has 0 spiro atoms. The summed E-state index contributed by atoms with van der Waals surface area (Å²) >= 11 is 0. The van der Waals surface area contributed by atoms with Crippen LogP contribution in [-0.2, 0) is 6.54 Å². The Bertz CT molecular complexity index is 402. The molecule has 1 heterocycles. The zero-order valence-electron chi connectivity index (χ0n) is 12.4. The van der Waals surface area contributed by atoms with Crippen molar-refractivity contribution < 1.29 is 5.11 Å². The summed E-state index contributed by atoms with van der Waals surface area (Å²) in [5, 5.41) is 9.95. The summed E-state index contributed by atoms with van der Waals surface area (Å²) in [5.74, 6) is 1.36. The number of likely N-dealkylation sites (tertiary alicyclic amines) is 1. The molecule has 1 atom stereocenters. The van der Waals surface area contributed by atoms with E-state index >= 15 is 0 Å². The van der Waals surface area contributed by atoms with Gasteiger partial charge in [-0.1, -0.05) is 37.5 Å². The molecule has 2 nitrogen and oxygen atoms in total. The second-order valence-corrected chi connectivity index (χ2v) is 5.99. The fraction of sp³-hybridized carbons (Fsp3) is 0.647. The van der Waals surface area contributed by atoms with Gasteiger partial charge in [0.1, 0.15) is 5.75 Å². The number of phenols is 1. The molecule has 1 fully saturated rings. The minimum Gasteiger partial charge on any atom is -0.508 e. The van der Waals surface area contributed by atoms with E-state index in [1.165, 1.54) is 50.8 Å². The first-order valence-electron chi connectivity index (χ1n) is 7.70. The van der Waals surface area contributed by atoms with E-state index in [4.69, 9.17) is 0 Å². The van der Waals surface area contributed by atoms with Gasteiger partial charge in [0.15, 0.2) is 0 Å². The van der Waals surface area contributed by atoms with E-state index in [0.29, 0.717) is 5.75 Å². The van der Waals surface area contributed by atoms with Gasteiger partial charge in [0.2, 0.25) is 0 Å². The van der Waals surface area contributed by atoms with Crippen molar-refractivity contribution in [2.45, 2.75) is 52.5 Å². The summed E-state index contributed by atoms with van der Waals surface area (Å²) in [5.41, 5.74) is 2.31. The van der Waals surface area contributed by atoms with Crippen molar-refractivity contribution in [2.24, 2.45) is 5.92 Å². The lowest BCUT2D eigenvalue weighted by atomic mass is 9.96. The lowest BCUT2D eigenvalue weighted by molar-refractivity contribution is 0.267. The molecule has 0 aliphatic carbocycles. The fourth-order valence-electron chi connectivity index (χ4n) is 3.16. The molecule has 1 saturated heterocycles. The molecule has 1 aromatic carbocycles. The standard InChI is InChI=1S/C17H27NO/c1-3-5-15-6-4-10-18(11-9-15)13-16-12-14(2)7-8-17(16)19/h7-8,12,15,19H,3-6,9-11,13H2,1-2H3. The van der Waals surface area contributed by atoms with Crippen LogP contribution in [0.5, 0.6) is 5.75 Å². The van der Waals surface area contributed by atoms with Gasteiger partial charge in [-0.25, -0.2) is 0 Å². The van der Waals surface area contributed by atoms with E-state index in [9.17, 15) is 5.11 Å². The van der Waals surface area contributed by atoms with Gasteiger partial charge in [0.05, 0.1) is 0 Å². The molecule has 0 bridgehead atoms. The minimum absolute atomic E-state index is 0.444. The van der Waals surface area contributed by atoms with Crippen LogP contribution in [0.4, 0.5) is 0 Å². The maximum absolute atomic E-state index is 9.95. The van der Waals surface area contributed by atoms with Crippen LogP contribution in [0.15, 0.2) is 18.2 Å². The highest BCUT2D eigenvalue weighted by atomic mass is 16.3. The Labute approximate surface area is 117 Å². The molecule has 106 valence electrons. The lowest BCUT2D eigenvalue weighted by Crippen LogP contribution is -2.24. The molecule has 19 heavy (non-hydrogen) atoms. The van der Waals surface area contributed by atoms with Crippen LogP contribution < -0.4 is 0 Å². The van der Waals surface area contributed by atoms with Crippen LogP contribution in [0.1, 0.15) is 50.2 Å². The number of phenolic OH excluding ortho intramolecular Hbond substituents is 1. The third kappa shape index (κ3) is 4.24. The maximum atomic E-state index is 9.95. The molecule has 0 aromatic heterocycles. The number of hydrogen-bond acceptors (Lipinski definition) is 2. The van der Waals surface area contributed by atoms with Crippen molar-refractivity contribution in [2.75, 3.05) is 13.1 Å². The van der Waals surface area contributed by atoms with Crippen LogP contribution in [-0.4, -0.2) is 23.1 Å². The molecule has 0 saturated carbocycles. The van der Waals surface area contributed by atoms with Crippen LogP contribution >= 0.6 is 0 Å². The SMILES string of the molecule is CCCC1CCCN(Cc2cc(C)ccc2O)CC1. The third-order valence-electron chi connectivity index (χ3n) is 4.27. The molecule has 1 aliphatic heterocycles. The number of benzene rings is 1. The molecule has 2 rings (SSSR count). The normalized spacial score (nSPS) is 21.3. The van der Waals surface area contributed by atoms with E-state index < -0.39 is 0 Å². The van der Waals surface area contributed by atoms with Crippen LogP contribution in [0.3, 0.4) is 0 Å². The average Bonchev–Trinajstić information content (AvgIpc) is 2.60. The number of aromatic hydroxyl groups is 1. The molecule has 1 N–H and O–H groups in total. The first-order valence-corrected chi connectivity index (χ1v) is 7.70. The van der Waals surface area contributed by atoms with Crippen LogP contribution in [0.25, 0.3) is 0 Å². The zero-order valence-corrected chi connectivity index (χ0v) is 12.4. The van der Waals surface area contributed by atoms with E-state index in [-0.39, 0.29) is 0 Å². The van der Waals surface area contributed by atoms with Gasteiger partial charge in [0, 0.05) is 12.1 Å². The highest BCUT2D eigenvalue weighted by Crippen LogP contribution is 2.25. The number of hydrogen-bond donors (Lipinski definition) is 1. The van der Waals surface area contributed by atoms with Crippen molar-refractivity contribution in [3.63, 3.8) is 0 Å². The van der Waals surface area contributed by atoms with Gasteiger partial charge in [-0.3, -0.25) is 4.90 Å². The second kappa shape index (κ2) is 6.95. The smallest absolute Gasteiger partial charge is 0.120 e. The van der Waals surface area contributed by atoms with Crippen molar-refractivity contribution in [3.05, 3.63) is 29.3 Å². The van der Waals surface area contributed by atoms with E-state index in [1.54, 1.807) is 0 Å². The first kappa shape index (κ1) is 14.4. The quantitative estimate of drug-likeness (QED) is 0.882. The van der Waals surface area contributed by atoms with Crippen LogP contribution in [0.2, 0.25) is 0 Å². The predicted octanol–water partition coefficient (Wildman–Crippen LogP) is 4.10. The maximum Gasteiger partial charge on any atom is 0.120 e. The van der Waals surface area contributed by atoms with Gasteiger partial charge in [-0.05, 0) is 51.3 Å². The minimum atomic E-state index is 0.444. The molecule has 2 heteroatoms. The summed E-state index contributed by atoms with van der Waals surface area (Å²) in [4.78, 5) is 2.50.